The fourth-order valence-corrected chi connectivity index (χ4v) is 3.22. The van der Waals surface area contributed by atoms with Crippen LogP contribution in [0.25, 0.3) is 0 Å². The molecule has 0 N–H and O–H groups in total. The van der Waals surface area contributed by atoms with Gasteiger partial charge in [0.25, 0.3) is 0 Å². The Kier molecular flexibility index (Phi) is 5.42. The molecule has 1 aromatic rings. The fourth-order valence-electron chi connectivity index (χ4n) is 2.98. The molecule has 1 aromatic carbocycles. The zero-order chi connectivity index (χ0) is 14.5. The van der Waals surface area contributed by atoms with Crippen LogP contribution in [-0.2, 0) is 6.54 Å². The predicted octanol–water partition coefficient (Wildman–Crippen LogP) is 3.13. The molecule has 0 aromatic heterocycles. The van der Waals surface area contributed by atoms with E-state index < -0.39 is 0 Å². The van der Waals surface area contributed by atoms with E-state index in [9.17, 15) is 0 Å². The third-order valence-electron chi connectivity index (χ3n) is 4.05. The lowest BCUT2D eigenvalue weighted by atomic mass is 10.1. The second-order valence-electron chi connectivity index (χ2n) is 5.54. The Morgan fingerprint density at radius 3 is 2.95 bits per heavy atom. The van der Waals surface area contributed by atoms with Gasteiger partial charge in [0.05, 0.1) is 11.6 Å². The molecular formula is C16H22ClN3. The van der Waals surface area contributed by atoms with E-state index in [1.165, 1.54) is 19.4 Å². The van der Waals surface area contributed by atoms with Crippen molar-refractivity contribution in [3.63, 3.8) is 0 Å². The molecule has 3 nitrogen and oxygen atoms in total. The zero-order valence-electron chi connectivity index (χ0n) is 12.3. The van der Waals surface area contributed by atoms with Crippen LogP contribution in [0.4, 0.5) is 0 Å². The number of nitrogens with zero attached hydrogens (tertiary/aromatic N) is 3. The zero-order valence-corrected chi connectivity index (χ0v) is 13.0. The molecule has 1 aliphatic rings. The van der Waals surface area contributed by atoms with Gasteiger partial charge in [0.2, 0.25) is 0 Å². The van der Waals surface area contributed by atoms with Gasteiger partial charge in [0.15, 0.2) is 0 Å². The molecule has 0 saturated carbocycles. The minimum atomic E-state index is 0.620. The van der Waals surface area contributed by atoms with E-state index >= 15 is 0 Å². The van der Waals surface area contributed by atoms with Gasteiger partial charge in [-0.25, -0.2) is 0 Å². The summed E-state index contributed by atoms with van der Waals surface area (Å²) in [6.45, 7) is 6.50. The molecule has 2 rings (SSSR count). The average molecular weight is 292 g/mol. The first kappa shape index (κ1) is 15.3. The summed E-state index contributed by atoms with van der Waals surface area (Å²) in [6, 6.07) is 8.33. The highest BCUT2D eigenvalue weighted by Crippen LogP contribution is 2.21. The van der Waals surface area contributed by atoms with E-state index in [0.717, 1.165) is 25.2 Å². The van der Waals surface area contributed by atoms with Gasteiger partial charge in [-0.1, -0.05) is 24.6 Å². The van der Waals surface area contributed by atoms with Crippen molar-refractivity contribution in [1.29, 1.82) is 5.26 Å². The summed E-state index contributed by atoms with van der Waals surface area (Å²) in [5.74, 6) is 0. The molecule has 0 spiro atoms. The van der Waals surface area contributed by atoms with Crippen molar-refractivity contribution in [3.05, 3.63) is 34.3 Å². The summed E-state index contributed by atoms with van der Waals surface area (Å²) in [6.07, 6.45) is 2.60. The van der Waals surface area contributed by atoms with Crippen molar-refractivity contribution >= 4 is 11.6 Å². The van der Waals surface area contributed by atoms with Crippen LogP contribution in [0.1, 0.15) is 30.9 Å². The van der Waals surface area contributed by atoms with E-state index in [2.05, 4.69) is 29.8 Å². The average Bonchev–Trinajstić information content (AvgIpc) is 2.88. The number of nitriles is 1. The van der Waals surface area contributed by atoms with Crippen molar-refractivity contribution in [1.82, 2.24) is 9.80 Å². The molecule has 0 bridgehead atoms. The highest BCUT2D eigenvalue weighted by molar-refractivity contribution is 6.31. The molecule has 0 amide bonds. The number of likely N-dealkylation sites (N-methyl/N-ethyl adjacent to an activating group) is 2. The van der Waals surface area contributed by atoms with Crippen LogP contribution in [0.15, 0.2) is 18.2 Å². The Balaban J connectivity index is 1.94. The van der Waals surface area contributed by atoms with Gasteiger partial charge in [-0.3, -0.25) is 4.90 Å². The first-order valence-corrected chi connectivity index (χ1v) is 7.63. The second kappa shape index (κ2) is 7.08. The minimum Gasteiger partial charge on any atom is -0.301 e. The maximum atomic E-state index is 8.86. The van der Waals surface area contributed by atoms with Crippen molar-refractivity contribution < 1.29 is 0 Å². The maximum absolute atomic E-state index is 8.86. The smallest absolute Gasteiger partial charge is 0.0992 e. The molecule has 1 aliphatic heterocycles. The van der Waals surface area contributed by atoms with E-state index in [-0.39, 0.29) is 0 Å². The lowest BCUT2D eigenvalue weighted by Crippen LogP contribution is -2.38. The minimum absolute atomic E-state index is 0.620. The molecule has 0 radical (unpaired) electrons. The van der Waals surface area contributed by atoms with Gasteiger partial charge < -0.3 is 4.90 Å². The maximum Gasteiger partial charge on any atom is 0.0992 e. The first-order valence-electron chi connectivity index (χ1n) is 7.25. The van der Waals surface area contributed by atoms with Gasteiger partial charge in [-0.05, 0) is 50.7 Å². The largest absolute Gasteiger partial charge is 0.301 e. The van der Waals surface area contributed by atoms with Crippen LogP contribution >= 0.6 is 11.6 Å². The van der Waals surface area contributed by atoms with Crippen LogP contribution in [0.2, 0.25) is 5.02 Å². The van der Waals surface area contributed by atoms with E-state index in [1.807, 2.05) is 12.1 Å². The Morgan fingerprint density at radius 2 is 2.30 bits per heavy atom. The SMILES string of the molecule is CCN1CCCC1CN(C)Cc1ccc(C#N)cc1Cl. The molecule has 1 heterocycles. The van der Waals surface area contributed by atoms with Crippen LogP contribution in [0.3, 0.4) is 0 Å². The van der Waals surface area contributed by atoms with Crippen LogP contribution in [0, 0.1) is 11.3 Å². The molecule has 1 fully saturated rings. The topological polar surface area (TPSA) is 30.3 Å². The van der Waals surface area contributed by atoms with Gasteiger partial charge in [-0.2, -0.15) is 5.26 Å². The monoisotopic (exact) mass is 291 g/mol. The molecule has 1 unspecified atom stereocenters. The molecule has 1 atom stereocenters. The summed E-state index contributed by atoms with van der Waals surface area (Å²) in [5.41, 5.74) is 1.71. The summed E-state index contributed by atoms with van der Waals surface area (Å²) in [4.78, 5) is 4.88. The predicted molar refractivity (Wildman–Crippen MR) is 82.8 cm³/mol. The standard InChI is InChI=1S/C16H22ClN3/c1-3-20-8-4-5-15(20)12-19(2)11-14-7-6-13(10-18)9-16(14)17/h6-7,9,15H,3-5,8,11-12H2,1-2H3. The molecule has 108 valence electrons. The summed E-state index contributed by atoms with van der Waals surface area (Å²) in [5, 5.41) is 9.55. The van der Waals surface area contributed by atoms with Gasteiger partial charge in [0.1, 0.15) is 0 Å². The van der Waals surface area contributed by atoms with Gasteiger partial charge >= 0.3 is 0 Å². The Labute approximate surface area is 126 Å². The quantitative estimate of drug-likeness (QED) is 0.835. The van der Waals surface area contributed by atoms with Crippen molar-refractivity contribution in [3.8, 4) is 6.07 Å². The summed E-state index contributed by atoms with van der Waals surface area (Å²) < 4.78 is 0. The summed E-state index contributed by atoms with van der Waals surface area (Å²) in [7, 11) is 2.14. The lowest BCUT2D eigenvalue weighted by molar-refractivity contribution is 0.195. The number of hydrogen-bond donors (Lipinski definition) is 0. The van der Waals surface area contributed by atoms with Crippen molar-refractivity contribution in [2.75, 3.05) is 26.7 Å². The van der Waals surface area contributed by atoms with Crippen molar-refractivity contribution in [2.24, 2.45) is 0 Å². The Hall–Kier alpha value is -1.08. The molecular weight excluding hydrogens is 270 g/mol. The summed E-state index contributed by atoms with van der Waals surface area (Å²) >= 11 is 6.24. The van der Waals surface area contributed by atoms with E-state index in [0.29, 0.717) is 16.6 Å². The number of benzene rings is 1. The van der Waals surface area contributed by atoms with Crippen LogP contribution in [-0.4, -0.2) is 42.5 Å². The van der Waals surface area contributed by atoms with Crippen LogP contribution < -0.4 is 0 Å². The van der Waals surface area contributed by atoms with Crippen molar-refractivity contribution in [2.45, 2.75) is 32.4 Å². The van der Waals surface area contributed by atoms with E-state index in [1.54, 1.807) is 6.07 Å². The van der Waals surface area contributed by atoms with Gasteiger partial charge in [0, 0.05) is 24.2 Å². The Morgan fingerprint density at radius 1 is 1.50 bits per heavy atom. The molecule has 4 heteroatoms. The van der Waals surface area contributed by atoms with E-state index in [4.69, 9.17) is 16.9 Å². The molecule has 0 aliphatic carbocycles. The molecule has 1 saturated heterocycles. The third-order valence-corrected chi connectivity index (χ3v) is 4.40. The first-order chi connectivity index (χ1) is 9.63. The Bertz CT molecular complexity index is 495. The number of rotatable bonds is 5. The lowest BCUT2D eigenvalue weighted by Gasteiger charge is -2.28. The number of halogens is 1. The number of likely N-dealkylation sites (tertiary alicyclic amines) is 1. The number of hydrogen-bond acceptors (Lipinski definition) is 3. The van der Waals surface area contributed by atoms with Crippen LogP contribution in [0.5, 0.6) is 0 Å². The fraction of sp³-hybridized carbons (Fsp3) is 0.562. The third kappa shape index (κ3) is 3.73. The second-order valence-corrected chi connectivity index (χ2v) is 5.95. The highest BCUT2D eigenvalue weighted by atomic mass is 35.5. The molecule has 20 heavy (non-hydrogen) atoms. The van der Waals surface area contributed by atoms with Gasteiger partial charge in [-0.15, -0.1) is 0 Å². The highest BCUT2D eigenvalue weighted by Gasteiger charge is 2.24. The normalized spacial score (nSPS) is 19.4.